The molecule has 0 bridgehead atoms. The monoisotopic (exact) mass is 389 g/mol. The molecule has 4 aromatic rings. The lowest BCUT2D eigenvalue weighted by atomic mass is 9.98. The molecule has 1 heterocycles. The Morgan fingerprint density at radius 3 is 2.59 bits per heavy atom. The van der Waals surface area contributed by atoms with Crippen LogP contribution >= 0.6 is 23.2 Å². The SMILES string of the molecule is N#CC(=Cc1ccc(-c2cc(Cl)ccc2Cl)o1)c1cccc2ccccc12. The van der Waals surface area contributed by atoms with Crippen molar-refractivity contribution in [1.82, 2.24) is 0 Å². The van der Waals surface area contributed by atoms with E-state index in [-0.39, 0.29) is 0 Å². The number of hydrogen-bond donors (Lipinski definition) is 0. The summed E-state index contributed by atoms with van der Waals surface area (Å²) in [4.78, 5) is 0. The molecule has 130 valence electrons. The van der Waals surface area contributed by atoms with Crippen molar-refractivity contribution in [3.8, 4) is 17.4 Å². The zero-order chi connectivity index (χ0) is 18.8. The number of rotatable bonds is 3. The van der Waals surface area contributed by atoms with Gasteiger partial charge in [-0.3, -0.25) is 0 Å². The number of nitrogens with zero attached hydrogens (tertiary/aromatic N) is 1. The van der Waals surface area contributed by atoms with Crippen molar-refractivity contribution < 1.29 is 4.42 Å². The lowest BCUT2D eigenvalue weighted by Crippen LogP contribution is -1.84. The largest absolute Gasteiger partial charge is 0.457 e. The molecule has 0 amide bonds. The summed E-state index contributed by atoms with van der Waals surface area (Å²) in [5, 5.41) is 13.0. The first-order chi connectivity index (χ1) is 13.2. The van der Waals surface area contributed by atoms with Gasteiger partial charge in [-0.25, -0.2) is 0 Å². The average Bonchev–Trinajstić information content (AvgIpc) is 3.16. The normalized spacial score (nSPS) is 11.5. The van der Waals surface area contributed by atoms with Crippen molar-refractivity contribution in [2.75, 3.05) is 0 Å². The average molecular weight is 390 g/mol. The van der Waals surface area contributed by atoms with Crippen LogP contribution in [0.5, 0.6) is 0 Å². The fraction of sp³-hybridized carbons (Fsp3) is 0. The van der Waals surface area contributed by atoms with Crippen LogP contribution in [-0.4, -0.2) is 0 Å². The molecule has 0 atom stereocenters. The van der Waals surface area contributed by atoms with Gasteiger partial charge in [0.05, 0.1) is 16.7 Å². The molecule has 4 rings (SSSR count). The van der Waals surface area contributed by atoms with Crippen molar-refractivity contribution >= 4 is 45.6 Å². The Balaban J connectivity index is 1.77. The van der Waals surface area contributed by atoms with Crippen LogP contribution in [0.4, 0.5) is 0 Å². The van der Waals surface area contributed by atoms with Crippen molar-refractivity contribution in [2.24, 2.45) is 0 Å². The maximum atomic E-state index is 9.71. The van der Waals surface area contributed by atoms with Gasteiger partial charge in [0, 0.05) is 16.1 Å². The van der Waals surface area contributed by atoms with Gasteiger partial charge in [-0.15, -0.1) is 0 Å². The standard InChI is InChI=1S/C23H13Cl2NO/c24-17-8-10-22(25)21(13-17)23-11-9-18(27-23)12-16(14-26)20-7-3-5-15-4-1-2-6-19(15)20/h1-13H. The van der Waals surface area contributed by atoms with Crippen LogP contribution in [0.2, 0.25) is 10.0 Å². The van der Waals surface area contributed by atoms with E-state index in [9.17, 15) is 5.26 Å². The van der Waals surface area contributed by atoms with E-state index < -0.39 is 0 Å². The summed E-state index contributed by atoms with van der Waals surface area (Å²) >= 11 is 12.3. The molecule has 0 radical (unpaired) electrons. The molecule has 0 saturated heterocycles. The topological polar surface area (TPSA) is 36.9 Å². The van der Waals surface area contributed by atoms with Gasteiger partial charge in [0.15, 0.2) is 0 Å². The minimum Gasteiger partial charge on any atom is -0.457 e. The number of hydrogen-bond acceptors (Lipinski definition) is 2. The van der Waals surface area contributed by atoms with E-state index in [0.29, 0.717) is 32.7 Å². The van der Waals surface area contributed by atoms with E-state index in [1.54, 1.807) is 24.3 Å². The Morgan fingerprint density at radius 2 is 1.74 bits per heavy atom. The third kappa shape index (κ3) is 3.48. The van der Waals surface area contributed by atoms with E-state index in [2.05, 4.69) is 6.07 Å². The second-order valence-corrected chi connectivity index (χ2v) is 6.87. The number of allylic oxidation sites excluding steroid dienone is 1. The molecule has 1 aromatic heterocycles. The summed E-state index contributed by atoms with van der Waals surface area (Å²) in [6.45, 7) is 0. The molecule has 4 heteroatoms. The van der Waals surface area contributed by atoms with Gasteiger partial charge in [0.1, 0.15) is 11.5 Å². The summed E-state index contributed by atoms with van der Waals surface area (Å²) in [7, 11) is 0. The van der Waals surface area contributed by atoms with Gasteiger partial charge in [-0.1, -0.05) is 65.7 Å². The fourth-order valence-corrected chi connectivity index (χ4v) is 3.42. The van der Waals surface area contributed by atoms with E-state index in [1.165, 1.54) is 0 Å². The Bertz CT molecular complexity index is 1210. The summed E-state index contributed by atoms with van der Waals surface area (Å²) < 4.78 is 5.90. The second-order valence-electron chi connectivity index (χ2n) is 6.02. The maximum Gasteiger partial charge on any atom is 0.136 e. The minimum absolute atomic E-state index is 0.532. The Morgan fingerprint density at radius 1 is 0.926 bits per heavy atom. The maximum absolute atomic E-state index is 9.71. The summed E-state index contributed by atoms with van der Waals surface area (Å²) in [5.74, 6) is 1.18. The molecule has 0 spiro atoms. The fourth-order valence-electron chi connectivity index (χ4n) is 3.03. The van der Waals surface area contributed by atoms with E-state index in [4.69, 9.17) is 27.6 Å². The first-order valence-electron chi connectivity index (χ1n) is 8.31. The molecule has 3 aromatic carbocycles. The molecule has 0 unspecified atom stereocenters. The third-order valence-electron chi connectivity index (χ3n) is 4.31. The molecule has 0 aliphatic heterocycles. The number of fused-ring (bicyclic) bond motifs is 1. The molecular weight excluding hydrogens is 377 g/mol. The zero-order valence-electron chi connectivity index (χ0n) is 14.1. The zero-order valence-corrected chi connectivity index (χ0v) is 15.6. The van der Waals surface area contributed by atoms with E-state index in [1.807, 2.05) is 54.6 Å². The predicted molar refractivity (Wildman–Crippen MR) is 112 cm³/mol. The van der Waals surface area contributed by atoms with Crippen LogP contribution in [0.1, 0.15) is 11.3 Å². The highest BCUT2D eigenvalue weighted by Crippen LogP contribution is 2.33. The smallest absolute Gasteiger partial charge is 0.136 e. The van der Waals surface area contributed by atoms with Crippen LogP contribution in [0, 0.1) is 11.3 Å². The van der Waals surface area contributed by atoms with Crippen molar-refractivity contribution in [1.29, 1.82) is 5.26 Å². The van der Waals surface area contributed by atoms with Crippen LogP contribution < -0.4 is 0 Å². The Kier molecular flexibility index (Phi) is 4.73. The summed E-state index contributed by atoms with van der Waals surface area (Å²) in [5.41, 5.74) is 2.12. The van der Waals surface area contributed by atoms with Crippen LogP contribution in [0.15, 0.2) is 77.2 Å². The summed E-state index contributed by atoms with van der Waals surface area (Å²) in [6, 6.07) is 25.0. The van der Waals surface area contributed by atoms with Gasteiger partial charge in [0.25, 0.3) is 0 Å². The molecule has 27 heavy (non-hydrogen) atoms. The highest BCUT2D eigenvalue weighted by molar-refractivity contribution is 6.35. The first kappa shape index (κ1) is 17.4. The van der Waals surface area contributed by atoms with Gasteiger partial charge in [-0.2, -0.15) is 5.26 Å². The third-order valence-corrected chi connectivity index (χ3v) is 4.87. The van der Waals surface area contributed by atoms with Crippen LogP contribution in [-0.2, 0) is 0 Å². The quantitative estimate of drug-likeness (QED) is 0.340. The molecular formula is C23H13Cl2NO. The van der Waals surface area contributed by atoms with Crippen molar-refractivity contribution in [2.45, 2.75) is 0 Å². The molecule has 0 aliphatic carbocycles. The highest BCUT2D eigenvalue weighted by atomic mass is 35.5. The Hall–Kier alpha value is -2.99. The van der Waals surface area contributed by atoms with Gasteiger partial charge in [-0.05, 0) is 47.2 Å². The lowest BCUT2D eigenvalue weighted by Gasteiger charge is -2.05. The van der Waals surface area contributed by atoms with Crippen molar-refractivity contribution in [3.05, 3.63) is 94.2 Å². The van der Waals surface area contributed by atoms with Crippen molar-refractivity contribution in [3.63, 3.8) is 0 Å². The van der Waals surface area contributed by atoms with E-state index >= 15 is 0 Å². The molecule has 0 aliphatic rings. The van der Waals surface area contributed by atoms with Gasteiger partial charge >= 0.3 is 0 Å². The molecule has 0 N–H and O–H groups in total. The Labute approximate surface area is 166 Å². The van der Waals surface area contributed by atoms with Gasteiger partial charge in [0.2, 0.25) is 0 Å². The molecule has 0 fully saturated rings. The number of halogens is 2. The summed E-state index contributed by atoms with van der Waals surface area (Å²) in [6.07, 6.45) is 1.74. The number of furan rings is 1. The van der Waals surface area contributed by atoms with E-state index in [0.717, 1.165) is 16.3 Å². The minimum atomic E-state index is 0.532. The highest BCUT2D eigenvalue weighted by Gasteiger charge is 2.11. The number of nitriles is 1. The van der Waals surface area contributed by atoms with Crippen LogP contribution in [0.25, 0.3) is 33.7 Å². The number of benzene rings is 3. The molecule has 0 saturated carbocycles. The lowest BCUT2D eigenvalue weighted by molar-refractivity contribution is 0.572. The molecule has 2 nitrogen and oxygen atoms in total. The second kappa shape index (κ2) is 7.32. The predicted octanol–water partition coefficient (Wildman–Crippen LogP) is 7.47. The first-order valence-corrected chi connectivity index (χ1v) is 9.06. The van der Waals surface area contributed by atoms with Crippen LogP contribution in [0.3, 0.4) is 0 Å². The van der Waals surface area contributed by atoms with Gasteiger partial charge < -0.3 is 4.42 Å².